The minimum Gasteiger partial charge on any atom is -0.386 e. The molecule has 0 spiro atoms. The van der Waals surface area contributed by atoms with Gasteiger partial charge in [0.15, 0.2) is 0 Å². The Kier molecular flexibility index (Phi) is 5.90. The number of amides is 1. The van der Waals surface area contributed by atoms with Crippen molar-refractivity contribution in [3.05, 3.63) is 66.1 Å². The number of piperidine rings is 1. The van der Waals surface area contributed by atoms with Crippen molar-refractivity contribution >= 4 is 23.1 Å². The SMILES string of the molecule is NC1=NC=C(c2ccc(C(=O)N3CCC(N4CCCC4)CC3)cc2)N(c2cccnc2)C1. The first-order valence-corrected chi connectivity index (χ1v) is 11.5. The number of anilines is 1. The minimum absolute atomic E-state index is 0.125. The average molecular weight is 431 g/mol. The van der Waals surface area contributed by atoms with Gasteiger partial charge in [0.05, 0.1) is 30.3 Å². The summed E-state index contributed by atoms with van der Waals surface area (Å²) in [4.78, 5) is 28.3. The first-order valence-electron chi connectivity index (χ1n) is 11.5. The number of nitrogens with zero attached hydrogens (tertiary/aromatic N) is 5. The lowest BCUT2D eigenvalue weighted by Gasteiger charge is -2.36. The van der Waals surface area contributed by atoms with Crippen LogP contribution in [0.3, 0.4) is 0 Å². The summed E-state index contributed by atoms with van der Waals surface area (Å²) in [6.45, 7) is 4.64. The van der Waals surface area contributed by atoms with Crippen LogP contribution in [0, 0.1) is 0 Å². The molecule has 7 nitrogen and oxygen atoms in total. The van der Waals surface area contributed by atoms with Crippen molar-refractivity contribution in [2.24, 2.45) is 10.7 Å². The van der Waals surface area contributed by atoms with Gasteiger partial charge in [-0.15, -0.1) is 0 Å². The highest BCUT2D eigenvalue weighted by atomic mass is 16.2. The Hall–Kier alpha value is -3.19. The third-order valence-electron chi connectivity index (χ3n) is 6.76. The van der Waals surface area contributed by atoms with E-state index in [0.717, 1.165) is 48.4 Å². The van der Waals surface area contributed by atoms with E-state index < -0.39 is 0 Å². The number of carbonyl (C=O) groups excluding carboxylic acids is 1. The van der Waals surface area contributed by atoms with E-state index in [0.29, 0.717) is 18.4 Å². The molecule has 0 aliphatic carbocycles. The number of nitrogens with two attached hydrogens (primary N) is 1. The second kappa shape index (κ2) is 9.12. The number of hydrogen-bond donors (Lipinski definition) is 1. The van der Waals surface area contributed by atoms with Crippen LogP contribution in [0.2, 0.25) is 0 Å². The van der Waals surface area contributed by atoms with Crippen LogP contribution >= 0.6 is 0 Å². The Morgan fingerprint density at radius 1 is 1.00 bits per heavy atom. The fraction of sp³-hybridized carbons (Fsp3) is 0.400. The molecule has 2 saturated heterocycles. The first kappa shape index (κ1) is 20.7. The number of aliphatic imine (C=N–C) groups is 1. The van der Waals surface area contributed by atoms with Crippen LogP contribution in [0.15, 0.2) is 60.0 Å². The average Bonchev–Trinajstić information content (AvgIpc) is 3.39. The quantitative estimate of drug-likeness (QED) is 0.807. The molecular formula is C25H30N6O. The molecule has 0 bridgehead atoms. The number of amidine groups is 1. The number of likely N-dealkylation sites (tertiary alicyclic amines) is 2. The van der Waals surface area contributed by atoms with E-state index in [-0.39, 0.29) is 5.91 Å². The Balaban J connectivity index is 1.28. The number of pyridine rings is 1. The van der Waals surface area contributed by atoms with Crippen molar-refractivity contribution < 1.29 is 4.79 Å². The van der Waals surface area contributed by atoms with E-state index in [1.54, 1.807) is 12.4 Å². The molecule has 0 atom stereocenters. The summed E-state index contributed by atoms with van der Waals surface area (Å²) >= 11 is 0. The summed E-state index contributed by atoms with van der Waals surface area (Å²) in [5, 5.41) is 0. The molecule has 32 heavy (non-hydrogen) atoms. The zero-order valence-electron chi connectivity index (χ0n) is 18.4. The van der Waals surface area contributed by atoms with Gasteiger partial charge < -0.3 is 20.4 Å². The number of benzene rings is 1. The lowest BCUT2D eigenvalue weighted by atomic mass is 10.0. The Morgan fingerprint density at radius 3 is 2.44 bits per heavy atom. The van der Waals surface area contributed by atoms with E-state index in [1.165, 1.54) is 25.9 Å². The summed E-state index contributed by atoms with van der Waals surface area (Å²) in [5.41, 5.74) is 9.62. The van der Waals surface area contributed by atoms with E-state index in [9.17, 15) is 4.79 Å². The van der Waals surface area contributed by atoms with Gasteiger partial charge in [0.1, 0.15) is 5.84 Å². The van der Waals surface area contributed by atoms with Crippen LogP contribution in [0.25, 0.3) is 5.70 Å². The highest BCUT2D eigenvalue weighted by Gasteiger charge is 2.28. The van der Waals surface area contributed by atoms with E-state index in [4.69, 9.17) is 5.73 Å². The fourth-order valence-corrected chi connectivity index (χ4v) is 4.98. The molecule has 3 aliphatic heterocycles. The highest BCUT2D eigenvalue weighted by Crippen LogP contribution is 2.28. The molecule has 2 aromatic rings. The molecule has 1 aromatic carbocycles. The van der Waals surface area contributed by atoms with Gasteiger partial charge in [-0.25, -0.2) is 4.99 Å². The maximum atomic E-state index is 13.1. The summed E-state index contributed by atoms with van der Waals surface area (Å²) in [6.07, 6.45) is 10.1. The van der Waals surface area contributed by atoms with Crippen LogP contribution in [-0.4, -0.2) is 65.3 Å². The molecule has 3 aliphatic rings. The molecule has 166 valence electrons. The van der Waals surface area contributed by atoms with Crippen LogP contribution in [0.4, 0.5) is 5.69 Å². The Labute approximate surface area is 189 Å². The van der Waals surface area contributed by atoms with Gasteiger partial charge in [-0.1, -0.05) is 12.1 Å². The Morgan fingerprint density at radius 2 is 1.75 bits per heavy atom. The van der Waals surface area contributed by atoms with E-state index in [2.05, 4.69) is 19.8 Å². The van der Waals surface area contributed by atoms with E-state index in [1.807, 2.05) is 47.5 Å². The molecule has 7 heteroatoms. The van der Waals surface area contributed by atoms with Crippen LogP contribution in [0.1, 0.15) is 41.6 Å². The lowest BCUT2D eigenvalue weighted by Crippen LogP contribution is -2.45. The number of aromatic nitrogens is 1. The van der Waals surface area contributed by atoms with Crippen molar-refractivity contribution in [3.8, 4) is 0 Å². The number of rotatable bonds is 4. The summed E-state index contributed by atoms with van der Waals surface area (Å²) in [6, 6.07) is 12.4. The second-order valence-corrected chi connectivity index (χ2v) is 8.78. The molecule has 0 unspecified atom stereocenters. The van der Waals surface area contributed by atoms with Crippen molar-refractivity contribution in [3.63, 3.8) is 0 Å². The van der Waals surface area contributed by atoms with Gasteiger partial charge >= 0.3 is 0 Å². The van der Waals surface area contributed by atoms with Crippen LogP contribution in [0.5, 0.6) is 0 Å². The summed E-state index contributed by atoms with van der Waals surface area (Å²) in [7, 11) is 0. The molecule has 0 saturated carbocycles. The second-order valence-electron chi connectivity index (χ2n) is 8.78. The largest absolute Gasteiger partial charge is 0.386 e. The summed E-state index contributed by atoms with van der Waals surface area (Å²) in [5.74, 6) is 0.683. The number of hydrogen-bond acceptors (Lipinski definition) is 6. The van der Waals surface area contributed by atoms with Gasteiger partial charge in [-0.05, 0) is 68.6 Å². The number of carbonyl (C=O) groups is 1. The van der Waals surface area contributed by atoms with Gasteiger partial charge in [0.25, 0.3) is 5.91 Å². The molecule has 4 heterocycles. The molecular weight excluding hydrogens is 400 g/mol. The maximum absolute atomic E-state index is 13.1. The van der Waals surface area contributed by atoms with Gasteiger partial charge in [0.2, 0.25) is 0 Å². The first-order chi connectivity index (χ1) is 15.7. The van der Waals surface area contributed by atoms with Crippen LogP contribution < -0.4 is 10.6 Å². The van der Waals surface area contributed by atoms with Crippen molar-refractivity contribution in [2.75, 3.05) is 37.6 Å². The Bertz CT molecular complexity index is 1000. The standard InChI is InChI=1S/C25H30N6O/c26-24-18-31(22-4-3-11-27-16-22)23(17-28-24)19-5-7-20(8-6-19)25(32)30-14-9-21(10-15-30)29-12-1-2-13-29/h3-8,11,16-17,21H,1-2,9-10,12-15,18H2,(H2,26,28). The van der Waals surface area contributed by atoms with Gasteiger partial charge in [0, 0.05) is 30.9 Å². The van der Waals surface area contributed by atoms with Crippen molar-refractivity contribution in [2.45, 2.75) is 31.7 Å². The van der Waals surface area contributed by atoms with Crippen molar-refractivity contribution in [1.82, 2.24) is 14.8 Å². The molecule has 2 fully saturated rings. The van der Waals surface area contributed by atoms with Gasteiger partial charge in [-0.2, -0.15) is 0 Å². The zero-order chi connectivity index (χ0) is 21.9. The molecule has 1 amide bonds. The molecule has 5 rings (SSSR count). The monoisotopic (exact) mass is 430 g/mol. The molecule has 1 aromatic heterocycles. The van der Waals surface area contributed by atoms with E-state index >= 15 is 0 Å². The fourth-order valence-electron chi connectivity index (χ4n) is 4.98. The third-order valence-corrected chi connectivity index (χ3v) is 6.76. The van der Waals surface area contributed by atoms with Crippen molar-refractivity contribution in [1.29, 1.82) is 0 Å². The predicted octanol–water partition coefficient (Wildman–Crippen LogP) is 2.96. The molecule has 2 N–H and O–H groups in total. The molecule has 0 radical (unpaired) electrons. The zero-order valence-corrected chi connectivity index (χ0v) is 18.4. The maximum Gasteiger partial charge on any atom is 0.253 e. The smallest absolute Gasteiger partial charge is 0.253 e. The topological polar surface area (TPSA) is 78.1 Å². The minimum atomic E-state index is 0.125. The normalized spacial score (nSPS) is 20.2. The van der Waals surface area contributed by atoms with Gasteiger partial charge in [-0.3, -0.25) is 9.78 Å². The van der Waals surface area contributed by atoms with Crippen LogP contribution in [-0.2, 0) is 0 Å². The predicted molar refractivity (Wildman–Crippen MR) is 127 cm³/mol. The highest BCUT2D eigenvalue weighted by molar-refractivity contribution is 5.97. The third kappa shape index (κ3) is 4.25. The lowest BCUT2D eigenvalue weighted by molar-refractivity contribution is 0.0644. The summed E-state index contributed by atoms with van der Waals surface area (Å²) < 4.78 is 0.